The number of carbonyl (C=O) groups is 1. The van der Waals surface area contributed by atoms with Gasteiger partial charge in [0.15, 0.2) is 0 Å². The van der Waals surface area contributed by atoms with Crippen molar-refractivity contribution in [2.75, 3.05) is 26.2 Å². The summed E-state index contributed by atoms with van der Waals surface area (Å²) >= 11 is 1.58. The van der Waals surface area contributed by atoms with E-state index in [-0.39, 0.29) is 42.1 Å². The van der Waals surface area contributed by atoms with Crippen LogP contribution in [0.15, 0.2) is 54.0 Å². The third-order valence-electron chi connectivity index (χ3n) is 6.12. The molecule has 0 radical (unpaired) electrons. The Bertz CT molecular complexity index is 1050. The molecule has 1 aliphatic rings. The van der Waals surface area contributed by atoms with Crippen molar-refractivity contribution in [1.29, 1.82) is 0 Å². The van der Waals surface area contributed by atoms with E-state index in [0.29, 0.717) is 6.42 Å². The topological polar surface area (TPSA) is 51.7 Å². The van der Waals surface area contributed by atoms with E-state index in [4.69, 9.17) is 9.47 Å². The minimum atomic E-state index is -0.293. The predicted molar refractivity (Wildman–Crippen MR) is 127 cm³/mol. The molecule has 0 N–H and O–H groups in total. The highest BCUT2D eigenvalue weighted by Gasteiger charge is 2.44. The Hall–Kier alpha value is -2.64. The van der Waals surface area contributed by atoms with E-state index >= 15 is 0 Å². The summed E-state index contributed by atoms with van der Waals surface area (Å²) in [5.41, 5.74) is 2.87. The van der Waals surface area contributed by atoms with Crippen LogP contribution in [-0.4, -0.2) is 38.3 Å². The van der Waals surface area contributed by atoms with Crippen LogP contribution in [0, 0.1) is 11.7 Å². The first kappa shape index (κ1) is 24.0. The van der Waals surface area contributed by atoms with Crippen LogP contribution in [0.25, 0.3) is 10.6 Å². The molecule has 0 saturated heterocycles. The van der Waals surface area contributed by atoms with E-state index in [1.807, 2.05) is 24.6 Å². The zero-order chi connectivity index (χ0) is 22.0. The summed E-state index contributed by atoms with van der Waals surface area (Å²) in [5.74, 6) is -0.169. The standard InChI is InChI=1S/C24H25FN2O3S.ClH/c1-27(20-14-16(6-11-21(20)29-2)23-26-12-13-31-23)19-10-9-18(24(28)30-3)22(19)15-4-7-17(25)8-5-15;/h4-8,11-14,18-19,22H,9-10H2,1-3H3;1H. The molecule has 4 rings (SSSR count). The third-order valence-corrected chi connectivity index (χ3v) is 6.94. The lowest BCUT2D eigenvalue weighted by atomic mass is 9.85. The Labute approximate surface area is 197 Å². The molecule has 32 heavy (non-hydrogen) atoms. The van der Waals surface area contributed by atoms with Crippen molar-refractivity contribution < 1.29 is 18.7 Å². The Morgan fingerprint density at radius 3 is 2.53 bits per heavy atom. The van der Waals surface area contributed by atoms with Crippen molar-refractivity contribution in [3.05, 3.63) is 65.4 Å². The molecule has 1 fully saturated rings. The van der Waals surface area contributed by atoms with Gasteiger partial charge in [0.25, 0.3) is 0 Å². The lowest BCUT2D eigenvalue weighted by Crippen LogP contribution is -2.36. The van der Waals surface area contributed by atoms with E-state index in [1.165, 1.54) is 19.2 Å². The van der Waals surface area contributed by atoms with Crippen LogP contribution in [0.4, 0.5) is 10.1 Å². The van der Waals surface area contributed by atoms with Crippen molar-refractivity contribution in [3.8, 4) is 16.3 Å². The number of ether oxygens (including phenoxy) is 2. The van der Waals surface area contributed by atoms with Gasteiger partial charge in [0.05, 0.1) is 25.8 Å². The van der Waals surface area contributed by atoms with Crippen LogP contribution >= 0.6 is 23.7 Å². The molecule has 5 nitrogen and oxygen atoms in total. The second kappa shape index (κ2) is 10.3. The largest absolute Gasteiger partial charge is 0.495 e. The molecule has 3 atom stereocenters. The number of nitrogens with zero attached hydrogens (tertiary/aromatic N) is 2. The summed E-state index contributed by atoms with van der Waals surface area (Å²) < 4.78 is 24.3. The Balaban J connectivity index is 0.00000289. The molecule has 2 aromatic carbocycles. The molecule has 8 heteroatoms. The number of hydrogen-bond donors (Lipinski definition) is 0. The van der Waals surface area contributed by atoms with Crippen molar-refractivity contribution in [3.63, 3.8) is 0 Å². The van der Waals surface area contributed by atoms with Crippen LogP contribution in [-0.2, 0) is 9.53 Å². The van der Waals surface area contributed by atoms with Crippen molar-refractivity contribution in [1.82, 2.24) is 4.98 Å². The smallest absolute Gasteiger partial charge is 0.309 e. The molecule has 1 heterocycles. The van der Waals surface area contributed by atoms with Crippen molar-refractivity contribution in [2.24, 2.45) is 5.92 Å². The first-order valence-electron chi connectivity index (χ1n) is 10.2. The molecule has 0 bridgehead atoms. The predicted octanol–water partition coefficient (Wildman–Crippen LogP) is 5.55. The maximum atomic E-state index is 13.6. The fraction of sp³-hybridized carbons (Fsp3) is 0.333. The number of benzene rings is 2. The Morgan fingerprint density at radius 2 is 1.91 bits per heavy atom. The SMILES string of the molecule is COC(=O)C1CCC(N(C)c2cc(-c3nccs3)ccc2OC)C1c1ccc(F)cc1.Cl. The lowest BCUT2D eigenvalue weighted by Gasteiger charge is -2.34. The molecule has 3 aromatic rings. The summed E-state index contributed by atoms with van der Waals surface area (Å²) in [4.78, 5) is 19.1. The first-order chi connectivity index (χ1) is 15.0. The summed E-state index contributed by atoms with van der Waals surface area (Å²) in [5, 5.41) is 2.89. The highest BCUT2D eigenvalue weighted by atomic mass is 35.5. The summed E-state index contributed by atoms with van der Waals surface area (Å²) in [6, 6.07) is 12.5. The van der Waals surface area contributed by atoms with Gasteiger partial charge in [-0.1, -0.05) is 12.1 Å². The summed E-state index contributed by atoms with van der Waals surface area (Å²) in [7, 11) is 5.09. The van der Waals surface area contributed by atoms with Gasteiger partial charge in [0.1, 0.15) is 16.6 Å². The number of esters is 1. The normalized spacial score (nSPS) is 19.8. The second-order valence-corrected chi connectivity index (χ2v) is 8.58. The van der Waals surface area contributed by atoms with E-state index in [0.717, 1.165) is 34.0 Å². The third kappa shape index (κ3) is 4.59. The van der Waals surface area contributed by atoms with Gasteiger partial charge in [-0.05, 0) is 48.7 Å². The average Bonchev–Trinajstić information content (AvgIpc) is 3.48. The van der Waals surface area contributed by atoms with Gasteiger partial charge >= 0.3 is 5.97 Å². The van der Waals surface area contributed by atoms with Gasteiger partial charge in [-0.2, -0.15) is 0 Å². The minimum Gasteiger partial charge on any atom is -0.495 e. The molecule has 3 unspecified atom stereocenters. The average molecular weight is 477 g/mol. The fourth-order valence-corrected chi connectivity index (χ4v) is 5.25. The van der Waals surface area contributed by atoms with Crippen molar-refractivity contribution >= 4 is 35.4 Å². The molecule has 1 aromatic heterocycles. The summed E-state index contributed by atoms with van der Waals surface area (Å²) in [6.07, 6.45) is 3.30. The Morgan fingerprint density at radius 1 is 1.16 bits per heavy atom. The first-order valence-corrected chi connectivity index (χ1v) is 11.1. The number of methoxy groups -OCH3 is 2. The number of likely N-dealkylation sites (N-methyl/N-ethyl adjacent to an activating group) is 1. The molecule has 0 spiro atoms. The highest BCUT2D eigenvalue weighted by Crippen LogP contribution is 2.46. The van der Waals surface area contributed by atoms with Gasteiger partial charge in [0, 0.05) is 36.1 Å². The molecule has 0 aliphatic heterocycles. The molecule has 170 valence electrons. The maximum Gasteiger partial charge on any atom is 0.309 e. The van der Waals surface area contributed by atoms with E-state index in [2.05, 4.69) is 16.0 Å². The number of carbonyl (C=O) groups excluding carboxylic acids is 1. The number of hydrogen-bond acceptors (Lipinski definition) is 6. The zero-order valence-electron chi connectivity index (χ0n) is 18.2. The molecule has 1 aliphatic carbocycles. The molecule has 0 amide bonds. The highest BCUT2D eigenvalue weighted by molar-refractivity contribution is 7.13. The second-order valence-electron chi connectivity index (χ2n) is 7.69. The molecular formula is C24H26ClFN2O3S. The van der Waals surface area contributed by atoms with E-state index in [1.54, 1.807) is 36.8 Å². The van der Waals surface area contributed by atoms with Crippen LogP contribution in [0.1, 0.15) is 24.3 Å². The quantitative estimate of drug-likeness (QED) is 0.436. The van der Waals surface area contributed by atoms with Crippen LogP contribution in [0.3, 0.4) is 0 Å². The van der Waals surface area contributed by atoms with Gasteiger partial charge in [-0.15, -0.1) is 23.7 Å². The van der Waals surface area contributed by atoms with Crippen LogP contribution < -0.4 is 9.64 Å². The molecular weight excluding hydrogens is 451 g/mol. The van der Waals surface area contributed by atoms with Crippen molar-refractivity contribution in [2.45, 2.75) is 24.8 Å². The number of rotatable bonds is 6. The van der Waals surface area contributed by atoms with E-state index < -0.39 is 0 Å². The zero-order valence-corrected chi connectivity index (χ0v) is 19.8. The number of anilines is 1. The fourth-order valence-electron chi connectivity index (χ4n) is 4.61. The van der Waals surface area contributed by atoms with Gasteiger partial charge in [-0.3, -0.25) is 4.79 Å². The molecule has 1 saturated carbocycles. The Kier molecular flexibility index (Phi) is 7.74. The number of thiazole rings is 1. The van der Waals surface area contributed by atoms with Crippen LogP contribution in [0.5, 0.6) is 5.75 Å². The maximum absolute atomic E-state index is 13.6. The van der Waals surface area contributed by atoms with Crippen LogP contribution in [0.2, 0.25) is 0 Å². The summed E-state index contributed by atoms with van der Waals surface area (Å²) in [6.45, 7) is 0. The number of aromatic nitrogens is 1. The number of halogens is 2. The lowest BCUT2D eigenvalue weighted by molar-refractivity contribution is -0.145. The minimum absolute atomic E-state index is 0. The van der Waals surface area contributed by atoms with Gasteiger partial charge in [-0.25, -0.2) is 9.37 Å². The van der Waals surface area contributed by atoms with Gasteiger partial charge in [0.2, 0.25) is 0 Å². The van der Waals surface area contributed by atoms with Gasteiger partial charge < -0.3 is 14.4 Å². The monoisotopic (exact) mass is 476 g/mol. The van der Waals surface area contributed by atoms with E-state index in [9.17, 15) is 9.18 Å².